The minimum atomic E-state index is 0.106. The average molecular weight is 238 g/mol. The molecule has 2 unspecified atom stereocenters. The van der Waals surface area contributed by atoms with Gasteiger partial charge in [0.25, 0.3) is 0 Å². The SMILES string of the molecule is CC(C)CN(CC1(N)CCCC(C)C1)C1CC1. The summed E-state index contributed by atoms with van der Waals surface area (Å²) < 4.78 is 0. The largest absolute Gasteiger partial charge is 0.324 e. The molecule has 0 aromatic rings. The molecule has 2 rings (SSSR count). The Bertz CT molecular complexity index is 247. The highest BCUT2D eigenvalue weighted by molar-refractivity contribution is 4.96. The fourth-order valence-corrected chi connectivity index (χ4v) is 3.50. The molecule has 2 aliphatic rings. The summed E-state index contributed by atoms with van der Waals surface area (Å²) >= 11 is 0. The second-order valence-corrected chi connectivity index (χ2v) is 7.12. The standard InChI is InChI=1S/C15H30N2/c1-12(2)10-17(14-6-7-14)11-15(16)8-4-5-13(3)9-15/h12-14H,4-11,16H2,1-3H3. The quantitative estimate of drug-likeness (QED) is 0.798. The first-order chi connectivity index (χ1) is 7.98. The molecule has 2 aliphatic carbocycles. The predicted molar refractivity (Wildman–Crippen MR) is 74.0 cm³/mol. The molecule has 2 saturated carbocycles. The molecule has 0 bridgehead atoms. The lowest BCUT2D eigenvalue weighted by Gasteiger charge is -2.41. The zero-order chi connectivity index (χ0) is 12.5. The van der Waals surface area contributed by atoms with Gasteiger partial charge in [0.2, 0.25) is 0 Å². The van der Waals surface area contributed by atoms with Gasteiger partial charge in [-0.25, -0.2) is 0 Å². The van der Waals surface area contributed by atoms with Gasteiger partial charge in [-0.3, -0.25) is 4.90 Å². The summed E-state index contributed by atoms with van der Waals surface area (Å²) in [6.07, 6.45) is 7.98. The minimum Gasteiger partial charge on any atom is -0.324 e. The van der Waals surface area contributed by atoms with Crippen LogP contribution in [0.5, 0.6) is 0 Å². The maximum atomic E-state index is 6.65. The Labute approximate surface area is 107 Å². The van der Waals surface area contributed by atoms with Gasteiger partial charge in [0.15, 0.2) is 0 Å². The molecule has 17 heavy (non-hydrogen) atoms. The maximum absolute atomic E-state index is 6.65. The van der Waals surface area contributed by atoms with Crippen molar-refractivity contribution in [3.63, 3.8) is 0 Å². The van der Waals surface area contributed by atoms with Crippen LogP contribution in [-0.4, -0.2) is 29.6 Å². The van der Waals surface area contributed by atoms with E-state index in [1.165, 1.54) is 45.1 Å². The van der Waals surface area contributed by atoms with Crippen LogP contribution in [0.25, 0.3) is 0 Å². The molecule has 2 heteroatoms. The molecule has 2 N–H and O–H groups in total. The second kappa shape index (κ2) is 5.27. The molecule has 0 aromatic heterocycles. The Morgan fingerprint density at radius 1 is 1.29 bits per heavy atom. The van der Waals surface area contributed by atoms with Crippen molar-refractivity contribution in [3.05, 3.63) is 0 Å². The minimum absolute atomic E-state index is 0.106. The first-order valence-electron chi connectivity index (χ1n) is 7.51. The highest BCUT2D eigenvalue weighted by Crippen LogP contribution is 2.34. The van der Waals surface area contributed by atoms with Crippen LogP contribution in [0.1, 0.15) is 59.3 Å². The lowest BCUT2D eigenvalue weighted by Crippen LogP contribution is -2.53. The zero-order valence-corrected chi connectivity index (χ0v) is 11.9. The Balaban J connectivity index is 1.91. The predicted octanol–water partition coefficient (Wildman–Crippen LogP) is 3.01. The highest BCUT2D eigenvalue weighted by Gasteiger charge is 2.37. The summed E-state index contributed by atoms with van der Waals surface area (Å²) in [6, 6.07) is 0.857. The van der Waals surface area contributed by atoms with Crippen LogP contribution in [0.4, 0.5) is 0 Å². The topological polar surface area (TPSA) is 29.3 Å². The number of hydrogen-bond acceptors (Lipinski definition) is 2. The van der Waals surface area contributed by atoms with Crippen LogP contribution in [0.2, 0.25) is 0 Å². The van der Waals surface area contributed by atoms with E-state index in [1.807, 2.05) is 0 Å². The van der Waals surface area contributed by atoms with Crippen molar-refractivity contribution in [2.24, 2.45) is 17.6 Å². The molecule has 0 radical (unpaired) electrons. The molecule has 2 atom stereocenters. The van der Waals surface area contributed by atoms with Gasteiger partial charge in [-0.15, -0.1) is 0 Å². The lowest BCUT2D eigenvalue weighted by atomic mass is 9.76. The monoisotopic (exact) mass is 238 g/mol. The normalized spacial score (nSPS) is 34.6. The van der Waals surface area contributed by atoms with E-state index < -0.39 is 0 Å². The third-order valence-electron chi connectivity index (χ3n) is 4.31. The van der Waals surface area contributed by atoms with Gasteiger partial charge < -0.3 is 5.73 Å². The van der Waals surface area contributed by atoms with Gasteiger partial charge in [-0.05, 0) is 37.5 Å². The fourth-order valence-electron chi connectivity index (χ4n) is 3.50. The summed E-state index contributed by atoms with van der Waals surface area (Å²) in [5, 5.41) is 0. The van der Waals surface area contributed by atoms with Gasteiger partial charge in [0.05, 0.1) is 0 Å². The van der Waals surface area contributed by atoms with Crippen LogP contribution >= 0.6 is 0 Å². The Morgan fingerprint density at radius 3 is 2.53 bits per heavy atom. The summed E-state index contributed by atoms with van der Waals surface area (Å²) in [6.45, 7) is 9.38. The summed E-state index contributed by atoms with van der Waals surface area (Å²) in [5.41, 5.74) is 6.76. The van der Waals surface area contributed by atoms with Gasteiger partial charge in [-0.2, -0.15) is 0 Å². The smallest absolute Gasteiger partial charge is 0.0286 e. The van der Waals surface area contributed by atoms with Gasteiger partial charge in [0.1, 0.15) is 0 Å². The summed E-state index contributed by atoms with van der Waals surface area (Å²) in [4.78, 5) is 2.68. The Morgan fingerprint density at radius 2 is 2.00 bits per heavy atom. The third-order valence-corrected chi connectivity index (χ3v) is 4.31. The van der Waals surface area contributed by atoms with E-state index in [-0.39, 0.29) is 5.54 Å². The van der Waals surface area contributed by atoms with Crippen molar-refractivity contribution < 1.29 is 0 Å². The Kier molecular flexibility index (Phi) is 4.14. The van der Waals surface area contributed by atoms with E-state index in [0.717, 1.165) is 24.4 Å². The number of hydrogen-bond donors (Lipinski definition) is 1. The van der Waals surface area contributed by atoms with Crippen molar-refractivity contribution in [1.29, 1.82) is 0 Å². The zero-order valence-electron chi connectivity index (χ0n) is 11.9. The molecule has 2 fully saturated rings. The molecule has 0 amide bonds. The Hall–Kier alpha value is -0.0800. The van der Waals surface area contributed by atoms with Crippen molar-refractivity contribution in [3.8, 4) is 0 Å². The van der Waals surface area contributed by atoms with E-state index in [4.69, 9.17) is 5.73 Å². The van der Waals surface area contributed by atoms with E-state index in [1.54, 1.807) is 0 Å². The molecular formula is C15H30N2. The molecule has 2 nitrogen and oxygen atoms in total. The van der Waals surface area contributed by atoms with Crippen LogP contribution < -0.4 is 5.73 Å². The summed E-state index contributed by atoms with van der Waals surface area (Å²) in [7, 11) is 0. The van der Waals surface area contributed by atoms with Gasteiger partial charge >= 0.3 is 0 Å². The van der Waals surface area contributed by atoms with Crippen LogP contribution in [0.15, 0.2) is 0 Å². The molecule has 100 valence electrons. The van der Waals surface area contributed by atoms with E-state index >= 15 is 0 Å². The molecule has 0 saturated heterocycles. The molecular weight excluding hydrogens is 208 g/mol. The van der Waals surface area contributed by atoms with Crippen molar-refractivity contribution >= 4 is 0 Å². The van der Waals surface area contributed by atoms with E-state index in [2.05, 4.69) is 25.7 Å². The molecule has 0 spiro atoms. The number of nitrogens with zero attached hydrogens (tertiary/aromatic N) is 1. The maximum Gasteiger partial charge on any atom is 0.0286 e. The van der Waals surface area contributed by atoms with Crippen LogP contribution in [-0.2, 0) is 0 Å². The van der Waals surface area contributed by atoms with Crippen molar-refractivity contribution in [2.45, 2.75) is 70.9 Å². The van der Waals surface area contributed by atoms with E-state index in [0.29, 0.717) is 0 Å². The number of rotatable bonds is 5. The highest BCUT2D eigenvalue weighted by atomic mass is 15.2. The molecule has 0 aromatic carbocycles. The van der Waals surface area contributed by atoms with Crippen molar-refractivity contribution in [1.82, 2.24) is 4.90 Å². The van der Waals surface area contributed by atoms with Gasteiger partial charge in [-0.1, -0.05) is 33.6 Å². The van der Waals surface area contributed by atoms with Crippen LogP contribution in [0, 0.1) is 11.8 Å². The average Bonchev–Trinajstić information content (AvgIpc) is 2.97. The van der Waals surface area contributed by atoms with Crippen LogP contribution in [0.3, 0.4) is 0 Å². The lowest BCUT2D eigenvalue weighted by molar-refractivity contribution is 0.134. The second-order valence-electron chi connectivity index (χ2n) is 7.12. The fraction of sp³-hybridized carbons (Fsp3) is 1.00. The first kappa shape index (κ1) is 13.4. The summed E-state index contributed by atoms with van der Waals surface area (Å²) in [5.74, 6) is 1.59. The molecule has 0 aliphatic heterocycles. The van der Waals surface area contributed by atoms with Crippen molar-refractivity contribution in [2.75, 3.05) is 13.1 Å². The third kappa shape index (κ3) is 3.96. The first-order valence-corrected chi connectivity index (χ1v) is 7.51. The number of nitrogens with two attached hydrogens (primary N) is 1. The molecule has 0 heterocycles. The van der Waals surface area contributed by atoms with E-state index in [9.17, 15) is 0 Å². The van der Waals surface area contributed by atoms with Gasteiger partial charge in [0, 0.05) is 24.7 Å².